The number of nitrogens with zero attached hydrogens (tertiary/aromatic N) is 1. The van der Waals surface area contributed by atoms with E-state index in [1.54, 1.807) is 18.0 Å². The highest BCUT2D eigenvalue weighted by molar-refractivity contribution is 7.17. The van der Waals surface area contributed by atoms with Crippen LogP contribution in [-0.2, 0) is 0 Å². The molecule has 84 valence electrons. The fraction of sp³-hybridized carbons (Fsp3) is 0.300. The van der Waals surface area contributed by atoms with Gasteiger partial charge in [-0.05, 0) is 12.1 Å². The third-order valence-corrected chi connectivity index (χ3v) is 2.90. The highest BCUT2D eigenvalue weighted by Gasteiger charge is 2.12. The number of rotatable bonds is 4. The Balaban J connectivity index is 0.00000196. The molecule has 0 aliphatic rings. The van der Waals surface area contributed by atoms with Crippen LogP contribution in [0.15, 0.2) is 24.8 Å². The van der Waals surface area contributed by atoms with Crippen molar-refractivity contribution < 1.29 is 4.79 Å². The van der Waals surface area contributed by atoms with Gasteiger partial charge in [-0.1, -0.05) is 6.08 Å². The van der Waals surface area contributed by atoms with E-state index in [0.717, 1.165) is 9.88 Å². The van der Waals surface area contributed by atoms with Crippen molar-refractivity contribution in [2.45, 2.75) is 0 Å². The third kappa shape index (κ3) is 3.57. The van der Waals surface area contributed by atoms with Gasteiger partial charge in [0.1, 0.15) is 0 Å². The first-order valence-electron chi connectivity index (χ1n) is 4.33. The van der Waals surface area contributed by atoms with E-state index in [1.165, 1.54) is 11.3 Å². The quantitative estimate of drug-likeness (QED) is 0.828. The Morgan fingerprint density at radius 3 is 2.80 bits per heavy atom. The van der Waals surface area contributed by atoms with Crippen molar-refractivity contribution in [1.82, 2.24) is 4.90 Å². The Kier molecular flexibility index (Phi) is 6.05. The van der Waals surface area contributed by atoms with E-state index < -0.39 is 0 Å². The van der Waals surface area contributed by atoms with Gasteiger partial charge in [0, 0.05) is 20.6 Å². The van der Waals surface area contributed by atoms with E-state index in [1.807, 2.05) is 19.2 Å². The van der Waals surface area contributed by atoms with Crippen molar-refractivity contribution in [2.75, 3.05) is 26.0 Å². The molecule has 1 aromatic heterocycles. The smallest absolute Gasteiger partial charge is 0.264 e. The van der Waals surface area contributed by atoms with Gasteiger partial charge in [0.05, 0.1) is 9.88 Å². The minimum atomic E-state index is 0. The van der Waals surface area contributed by atoms with Crippen molar-refractivity contribution in [1.29, 1.82) is 0 Å². The number of carbonyl (C=O) groups excluding carboxylic acids is 1. The van der Waals surface area contributed by atoms with Crippen LogP contribution in [0.5, 0.6) is 0 Å². The number of nitrogens with one attached hydrogen (secondary N) is 1. The lowest BCUT2D eigenvalue weighted by Crippen LogP contribution is -2.25. The lowest BCUT2D eigenvalue weighted by atomic mass is 10.4. The molecule has 1 N–H and O–H groups in total. The predicted molar refractivity (Wildman–Crippen MR) is 68.3 cm³/mol. The summed E-state index contributed by atoms with van der Waals surface area (Å²) in [5, 5.41) is 4.00. The Bertz CT molecular complexity index is 338. The summed E-state index contributed by atoms with van der Waals surface area (Å²) in [5.41, 5.74) is 0. The molecule has 0 aliphatic heterocycles. The Labute approximate surface area is 100 Å². The molecule has 0 fully saturated rings. The number of likely N-dealkylation sites (N-methyl/N-ethyl adjacent to an activating group) is 1. The summed E-state index contributed by atoms with van der Waals surface area (Å²) >= 11 is 1.46. The molecular formula is C10H15ClN2OS. The second-order valence-electron chi connectivity index (χ2n) is 2.89. The largest absolute Gasteiger partial charge is 0.380 e. The minimum absolute atomic E-state index is 0. The van der Waals surface area contributed by atoms with Crippen molar-refractivity contribution in [3.05, 3.63) is 29.7 Å². The number of carbonyl (C=O) groups is 1. The van der Waals surface area contributed by atoms with Crippen LogP contribution in [0.2, 0.25) is 0 Å². The monoisotopic (exact) mass is 246 g/mol. The summed E-state index contributed by atoms with van der Waals surface area (Å²) < 4.78 is 0. The van der Waals surface area contributed by atoms with Gasteiger partial charge in [-0.25, -0.2) is 0 Å². The van der Waals surface area contributed by atoms with Crippen LogP contribution < -0.4 is 5.32 Å². The molecule has 0 atom stereocenters. The Morgan fingerprint density at radius 2 is 2.33 bits per heavy atom. The van der Waals surface area contributed by atoms with Crippen LogP contribution in [0, 0.1) is 0 Å². The second-order valence-corrected chi connectivity index (χ2v) is 3.97. The topological polar surface area (TPSA) is 32.3 Å². The normalized spacial score (nSPS) is 8.93. The second kappa shape index (κ2) is 6.48. The van der Waals surface area contributed by atoms with E-state index in [9.17, 15) is 4.79 Å². The maximum absolute atomic E-state index is 11.7. The molecule has 0 saturated carbocycles. The molecule has 0 radical (unpaired) electrons. The zero-order valence-electron chi connectivity index (χ0n) is 8.82. The van der Waals surface area contributed by atoms with Gasteiger partial charge in [0.2, 0.25) is 0 Å². The first-order valence-corrected chi connectivity index (χ1v) is 5.14. The lowest BCUT2D eigenvalue weighted by molar-refractivity contribution is 0.0815. The molecule has 15 heavy (non-hydrogen) atoms. The number of halogens is 1. The van der Waals surface area contributed by atoms with Gasteiger partial charge in [0.25, 0.3) is 5.91 Å². The van der Waals surface area contributed by atoms with Crippen LogP contribution in [0.1, 0.15) is 9.67 Å². The maximum Gasteiger partial charge on any atom is 0.264 e. The van der Waals surface area contributed by atoms with Crippen LogP contribution >= 0.6 is 23.7 Å². The van der Waals surface area contributed by atoms with E-state index in [-0.39, 0.29) is 18.3 Å². The van der Waals surface area contributed by atoms with Gasteiger partial charge in [-0.2, -0.15) is 0 Å². The average Bonchev–Trinajstić information content (AvgIpc) is 2.65. The minimum Gasteiger partial charge on any atom is -0.380 e. The molecule has 1 amide bonds. The summed E-state index contributed by atoms with van der Waals surface area (Å²) in [6.07, 6.45) is 1.71. The van der Waals surface area contributed by atoms with Crippen molar-refractivity contribution in [3.63, 3.8) is 0 Å². The summed E-state index contributed by atoms with van der Waals surface area (Å²) in [6.45, 7) is 4.17. The van der Waals surface area contributed by atoms with Crippen LogP contribution in [-0.4, -0.2) is 31.4 Å². The Hall–Kier alpha value is -1.00. The number of hydrogen-bond donors (Lipinski definition) is 1. The molecule has 0 bridgehead atoms. The summed E-state index contributed by atoms with van der Waals surface area (Å²) in [6, 6.07) is 3.73. The van der Waals surface area contributed by atoms with E-state index >= 15 is 0 Å². The molecule has 0 spiro atoms. The van der Waals surface area contributed by atoms with Crippen molar-refractivity contribution in [2.24, 2.45) is 0 Å². The first kappa shape index (κ1) is 14.0. The molecule has 5 heteroatoms. The van der Waals surface area contributed by atoms with Gasteiger partial charge in [0.15, 0.2) is 0 Å². The third-order valence-electron chi connectivity index (χ3n) is 1.81. The summed E-state index contributed by atoms with van der Waals surface area (Å²) in [5.74, 6) is 0.0383. The maximum atomic E-state index is 11.7. The summed E-state index contributed by atoms with van der Waals surface area (Å²) in [7, 11) is 3.61. The summed E-state index contributed by atoms with van der Waals surface area (Å²) in [4.78, 5) is 14.1. The van der Waals surface area contributed by atoms with Crippen molar-refractivity contribution in [3.8, 4) is 0 Å². The molecule has 1 aromatic rings. The standard InChI is InChI=1S/C10H14N2OS.ClH/c1-4-7-12(3)10(13)8-5-6-9(11-2)14-8;/h4-6,11H,1,7H2,2-3H3;1H. The molecule has 0 unspecified atom stereocenters. The van der Waals surface area contributed by atoms with Crippen LogP contribution in [0.4, 0.5) is 5.00 Å². The number of anilines is 1. The first-order chi connectivity index (χ1) is 6.69. The fourth-order valence-electron chi connectivity index (χ4n) is 1.05. The Morgan fingerprint density at radius 1 is 1.67 bits per heavy atom. The van der Waals surface area contributed by atoms with Gasteiger partial charge >= 0.3 is 0 Å². The van der Waals surface area contributed by atoms with Gasteiger partial charge in [-0.3, -0.25) is 4.79 Å². The number of hydrogen-bond acceptors (Lipinski definition) is 3. The molecule has 0 aromatic carbocycles. The highest BCUT2D eigenvalue weighted by atomic mass is 35.5. The predicted octanol–water partition coefficient (Wildman–Crippen LogP) is 2.47. The molecule has 0 saturated heterocycles. The number of amides is 1. The zero-order chi connectivity index (χ0) is 10.6. The average molecular weight is 247 g/mol. The van der Waals surface area contributed by atoms with E-state index in [4.69, 9.17) is 0 Å². The molecule has 1 heterocycles. The van der Waals surface area contributed by atoms with E-state index in [0.29, 0.717) is 6.54 Å². The fourth-order valence-corrected chi connectivity index (χ4v) is 1.91. The molecule has 1 rings (SSSR count). The SMILES string of the molecule is C=CCN(C)C(=O)c1ccc(NC)s1.Cl. The lowest BCUT2D eigenvalue weighted by Gasteiger charge is -2.12. The van der Waals surface area contributed by atoms with Crippen LogP contribution in [0.3, 0.4) is 0 Å². The zero-order valence-corrected chi connectivity index (χ0v) is 10.5. The highest BCUT2D eigenvalue weighted by Crippen LogP contribution is 2.22. The number of thiophene rings is 1. The van der Waals surface area contributed by atoms with E-state index in [2.05, 4.69) is 11.9 Å². The molecule has 3 nitrogen and oxygen atoms in total. The van der Waals surface area contributed by atoms with Crippen LogP contribution in [0.25, 0.3) is 0 Å². The molecule has 0 aliphatic carbocycles. The van der Waals surface area contributed by atoms with Crippen molar-refractivity contribution >= 4 is 34.7 Å². The van der Waals surface area contributed by atoms with Gasteiger partial charge in [-0.15, -0.1) is 30.3 Å². The molecular weight excluding hydrogens is 232 g/mol. The van der Waals surface area contributed by atoms with Gasteiger partial charge < -0.3 is 10.2 Å².